The molecule has 0 aromatic heterocycles. The molecule has 3 aromatic carbocycles. The molecule has 5 rings (SSSR count). The average Bonchev–Trinajstić information content (AvgIpc) is 3.47. The number of anilines is 3. The van der Waals surface area contributed by atoms with Crippen molar-refractivity contribution in [1.29, 1.82) is 0 Å². The third kappa shape index (κ3) is 6.92. The lowest BCUT2D eigenvalue weighted by molar-refractivity contribution is 0.0371. The highest BCUT2D eigenvalue weighted by Crippen LogP contribution is 2.34. The van der Waals surface area contributed by atoms with Gasteiger partial charge >= 0.3 is 12.1 Å². The number of aliphatic hydroxyl groups is 1. The van der Waals surface area contributed by atoms with E-state index in [4.69, 9.17) is 14.2 Å². The Morgan fingerprint density at radius 3 is 2.37 bits per heavy atom. The minimum absolute atomic E-state index is 0.137. The van der Waals surface area contributed by atoms with Crippen LogP contribution >= 0.6 is 0 Å². The van der Waals surface area contributed by atoms with Gasteiger partial charge in [0.15, 0.2) is 11.5 Å². The van der Waals surface area contributed by atoms with E-state index in [9.17, 15) is 19.5 Å². The van der Waals surface area contributed by atoms with Crippen LogP contribution in [0.3, 0.4) is 0 Å². The highest BCUT2D eigenvalue weighted by atomic mass is 16.7. The van der Waals surface area contributed by atoms with E-state index in [1.165, 1.54) is 4.90 Å². The molecule has 2 aliphatic heterocycles. The van der Waals surface area contributed by atoms with Crippen molar-refractivity contribution < 1.29 is 33.7 Å². The summed E-state index contributed by atoms with van der Waals surface area (Å²) in [5.74, 6) is 0.968. The number of carbonyl (C=O) groups excluding carboxylic acids is 3. The monoisotopic (exact) mass is 589 g/mol. The molecule has 3 atom stereocenters. The average molecular weight is 590 g/mol. The molecule has 226 valence electrons. The Balaban J connectivity index is 1.33. The van der Waals surface area contributed by atoms with Crippen LogP contribution in [0.15, 0.2) is 66.7 Å². The zero-order valence-corrected chi connectivity index (χ0v) is 24.2. The number of amides is 5. The van der Waals surface area contributed by atoms with Crippen LogP contribution in [0.1, 0.15) is 24.2 Å². The number of benzene rings is 3. The van der Waals surface area contributed by atoms with Crippen molar-refractivity contribution in [2.75, 3.05) is 49.5 Å². The topological polar surface area (TPSA) is 142 Å². The molecule has 0 bridgehead atoms. The molecule has 2 aliphatic rings. The van der Waals surface area contributed by atoms with Gasteiger partial charge in [0.2, 0.25) is 6.79 Å². The molecule has 43 heavy (non-hydrogen) atoms. The van der Waals surface area contributed by atoms with Gasteiger partial charge in [-0.1, -0.05) is 25.1 Å². The SMILES string of the molecule is C[C@H]1CN([C@@H](C)CO)C(=O)c2cc(NC(=O)Nc3ccccc3)ccc2O[C@H]1CN(C)C(=O)Nc1ccc2c(c1)OCO2. The van der Waals surface area contributed by atoms with Crippen molar-refractivity contribution in [2.45, 2.75) is 26.0 Å². The van der Waals surface area contributed by atoms with Gasteiger partial charge in [-0.15, -0.1) is 0 Å². The Labute approximate surface area is 249 Å². The number of carbonyl (C=O) groups is 3. The lowest BCUT2D eigenvalue weighted by Gasteiger charge is -2.38. The second-order valence-corrected chi connectivity index (χ2v) is 10.7. The molecule has 0 saturated carbocycles. The molecule has 12 nitrogen and oxygen atoms in total. The van der Waals surface area contributed by atoms with Crippen LogP contribution in [0.2, 0.25) is 0 Å². The van der Waals surface area contributed by atoms with Gasteiger partial charge < -0.3 is 45.1 Å². The minimum atomic E-state index is -0.493. The third-order valence-electron chi connectivity index (χ3n) is 7.38. The zero-order chi connectivity index (χ0) is 30.5. The number of nitrogens with zero attached hydrogens (tertiary/aromatic N) is 2. The quantitative estimate of drug-likeness (QED) is 0.319. The van der Waals surface area contributed by atoms with Crippen LogP contribution in [0.5, 0.6) is 17.2 Å². The van der Waals surface area contributed by atoms with E-state index < -0.39 is 18.2 Å². The van der Waals surface area contributed by atoms with Gasteiger partial charge in [0, 0.05) is 42.6 Å². The first-order valence-electron chi connectivity index (χ1n) is 14.0. The molecule has 3 aromatic rings. The molecular formula is C31H35N5O7. The molecule has 12 heteroatoms. The lowest BCUT2D eigenvalue weighted by Crippen LogP contribution is -2.50. The molecule has 0 fully saturated rings. The maximum absolute atomic E-state index is 13.7. The predicted molar refractivity (Wildman–Crippen MR) is 161 cm³/mol. The third-order valence-corrected chi connectivity index (χ3v) is 7.38. The predicted octanol–water partition coefficient (Wildman–Crippen LogP) is 4.44. The Morgan fingerprint density at radius 2 is 1.63 bits per heavy atom. The second-order valence-electron chi connectivity index (χ2n) is 10.7. The summed E-state index contributed by atoms with van der Waals surface area (Å²) in [6.07, 6.45) is -0.493. The maximum Gasteiger partial charge on any atom is 0.323 e. The first-order valence-corrected chi connectivity index (χ1v) is 14.0. The van der Waals surface area contributed by atoms with Crippen LogP contribution in [-0.2, 0) is 0 Å². The number of para-hydroxylation sites is 1. The molecule has 4 N–H and O–H groups in total. The number of ether oxygens (including phenoxy) is 3. The highest BCUT2D eigenvalue weighted by Gasteiger charge is 2.34. The van der Waals surface area contributed by atoms with E-state index in [0.29, 0.717) is 34.3 Å². The molecule has 0 aliphatic carbocycles. The summed E-state index contributed by atoms with van der Waals surface area (Å²) in [6.45, 7) is 4.11. The Bertz CT molecular complexity index is 1480. The summed E-state index contributed by atoms with van der Waals surface area (Å²) in [5, 5.41) is 18.3. The summed E-state index contributed by atoms with van der Waals surface area (Å²) in [6, 6.07) is 17.7. The molecular weight excluding hydrogens is 554 g/mol. The molecule has 0 unspecified atom stereocenters. The Hall–Kier alpha value is -4.97. The van der Waals surface area contributed by atoms with E-state index in [2.05, 4.69) is 16.0 Å². The molecule has 0 radical (unpaired) electrons. The van der Waals surface area contributed by atoms with Crippen LogP contribution in [0.25, 0.3) is 0 Å². The largest absolute Gasteiger partial charge is 0.487 e. The van der Waals surface area contributed by atoms with E-state index in [-0.39, 0.29) is 49.9 Å². The first kappa shape index (κ1) is 29.5. The molecule has 2 heterocycles. The van der Waals surface area contributed by atoms with Gasteiger partial charge in [0.1, 0.15) is 11.9 Å². The van der Waals surface area contributed by atoms with Crippen LogP contribution in [0.4, 0.5) is 26.7 Å². The van der Waals surface area contributed by atoms with Crippen molar-refractivity contribution in [1.82, 2.24) is 9.80 Å². The van der Waals surface area contributed by atoms with Gasteiger partial charge in [-0.3, -0.25) is 4.79 Å². The molecule has 0 saturated heterocycles. The van der Waals surface area contributed by atoms with Crippen molar-refractivity contribution in [3.63, 3.8) is 0 Å². The number of hydrogen-bond donors (Lipinski definition) is 4. The number of likely N-dealkylation sites (N-methyl/N-ethyl adjacent to an activating group) is 1. The van der Waals surface area contributed by atoms with Gasteiger partial charge in [-0.05, 0) is 49.4 Å². The number of aliphatic hydroxyl groups excluding tert-OH is 1. The smallest absolute Gasteiger partial charge is 0.323 e. The van der Waals surface area contributed by atoms with E-state index in [0.717, 1.165) is 0 Å². The molecule has 5 amide bonds. The summed E-state index contributed by atoms with van der Waals surface area (Å²) < 4.78 is 17.1. The standard InChI is InChI=1S/C31H35N5O7/c1-19-15-36(20(2)17-37)29(38)24-13-22(33-30(39)32-21-7-5-4-6-8-21)9-11-25(24)43-28(19)16-35(3)31(40)34-23-10-12-26-27(14-23)42-18-41-26/h4-14,19-20,28,37H,15-18H2,1-3H3,(H,34,40)(H2,32,33,39)/t19-,20-,28-/m0/s1. The normalized spacial score (nSPS) is 18.0. The van der Waals surface area contributed by atoms with Crippen molar-refractivity contribution >= 4 is 35.0 Å². The minimum Gasteiger partial charge on any atom is -0.487 e. The fraction of sp³-hybridized carbons (Fsp3) is 0.323. The number of urea groups is 2. The van der Waals surface area contributed by atoms with Crippen LogP contribution < -0.4 is 30.2 Å². The fourth-order valence-electron chi connectivity index (χ4n) is 4.88. The van der Waals surface area contributed by atoms with Gasteiger partial charge in [0.25, 0.3) is 5.91 Å². The van der Waals surface area contributed by atoms with Crippen molar-refractivity contribution in [3.05, 3.63) is 72.3 Å². The number of fused-ring (bicyclic) bond motifs is 2. The first-order chi connectivity index (χ1) is 20.7. The number of nitrogens with one attached hydrogen (secondary N) is 3. The van der Waals surface area contributed by atoms with Crippen LogP contribution in [0, 0.1) is 5.92 Å². The van der Waals surface area contributed by atoms with E-state index in [1.54, 1.807) is 67.4 Å². The van der Waals surface area contributed by atoms with Gasteiger partial charge in [-0.25, -0.2) is 9.59 Å². The van der Waals surface area contributed by atoms with Gasteiger partial charge in [0.05, 0.1) is 24.8 Å². The number of rotatable bonds is 7. The Kier molecular flexibility index (Phi) is 8.86. The summed E-state index contributed by atoms with van der Waals surface area (Å²) in [5.41, 5.74) is 1.81. The summed E-state index contributed by atoms with van der Waals surface area (Å²) in [7, 11) is 1.66. The zero-order valence-electron chi connectivity index (χ0n) is 24.2. The van der Waals surface area contributed by atoms with Crippen molar-refractivity contribution in [3.8, 4) is 17.2 Å². The highest BCUT2D eigenvalue weighted by molar-refractivity contribution is 6.02. The van der Waals surface area contributed by atoms with Gasteiger partial charge in [-0.2, -0.15) is 0 Å². The second kappa shape index (κ2) is 12.9. The number of hydrogen-bond acceptors (Lipinski definition) is 7. The van der Waals surface area contributed by atoms with Crippen molar-refractivity contribution in [2.24, 2.45) is 5.92 Å². The fourth-order valence-corrected chi connectivity index (χ4v) is 4.88. The summed E-state index contributed by atoms with van der Waals surface area (Å²) in [4.78, 5) is 42.5. The maximum atomic E-state index is 13.7. The van der Waals surface area contributed by atoms with Crippen LogP contribution in [-0.4, -0.2) is 78.6 Å². The summed E-state index contributed by atoms with van der Waals surface area (Å²) >= 11 is 0. The Morgan fingerprint density at radius 1 is 0.953 bits per heavy atom. The lowest BCUT2D eigenvalue weighted by atomic mass is 9.99. The van der Waals surface area contributed by atoms with E-state index >= 15 is 0 Å². The molecule has 0 spiro atoms. The van der Waals surface area contributed by atoms with E-state index in [1.807, 2.05) is 25.1 Å².